The van der Waals surface area contributed by atoms with E-state index in [1.165, 1.54) is 12.1 Å². The Morgan fingerprint density at radius 1 is 1.11 bits per heavy atom. The zero-order chi connectivity index (χ0) is 27.7. The van der Waals surface area contributed by atoms with Crippen LogP contribution in [0.3, 0.4) is 0 Å². The molecule has 38 heavy (non-hydrogen) atoms. The smallest absolute Gasteiger partial charge is 0.264 e. The first-order chi connectivity index (χ1) is 18.1. The van der Waals surface area contributed by atoms with Crippen molar-refractivity contribution < 1.29 is 23.1 Å². The van der Waals surface area contributed by atoms with Crippen molar-refractivity contribution >= 4 is 46.1 Å². The molecule has 204 valence electrons. The maximum absolute atomic E-state index is 12.7. The van der Waals surface area contributed by atoms with Crippen LogP contribution < -0.4 is 10.0 Å². The van der Waals surface area contributed by atoms with Gasteiger partial charge in [0.05, 0.1) is 29.0 Å². The third kappa shape index (κ3) is 8.07. The molecule has 0 unspecified atom stereocenters. The average Bonchev–Trinajstić information content (AvgIpc) is 3.20. The number of carbonyl (C=O) groups excluding carboxylic acids is 2. The van der Waals surface area contributed by atoms with Gasteiger partial charge in [0.25, 0.3) is 15.9 Å². The number of carbonyl (C=O) groups is 2. The van der Waals surface area contributed by atoms with Gasteiger partial charge in [-0.05, 0) is 36.1 Å². The molecule has 2 aromatic carbocycles. The third-order valence-electron chi connectivity index (χ3n) is 5.83. The number of hydrogen-bond acceptors (Lipinski definition) is 7. The Morgan fingerprint density at radius 3 is 2.42 bits per heavy atom. The molecular formula is C26H31ClN4O5S2. The van der Waals surface area contributed by atoms with Crippen molar-refractivity contribution in [2.45, 2.75) is 55.9 Å². The number of thiol groups is 1. The highest BCUT2D eigenvalue weighted by Crippen LogP contribution is 2.21. The lowest BCUT2D eigenvalue weighted by molar-refractivity contribution is -0.124. The Bertz CT molecular complexity index is 1350. The van der Waals surface area contributed by atoms with E-state index in [4.69, 9.17) is 11.6 Å². The third-order valence-corrected chi connectivity index (χ3v) is 7.94. The van der Waals surface area contributed by atoms with Crippen LogP contribution in [0.5, 0.6) is 0 Å². The van der Waals surface area contributed by atoms with Gasteiger partial charge >= 0.3 is 0 Å². The maximum atomic E-state index is 12.7. The number of unbranched alkanes of at least 4 members (excludes halogenated alkanes) is 1. The summed E-state index contributed by atoms with van der Waals surface area (Å²) in [7, 11) is -4.14. The maximum Gasteiger partial charge on any atom is 0.264 e. The highest BCUT2D eigenvalue weighted by molar-refractivity contribution is 7.90. The Hall–Kier alpha value is -2.86. The van der Waals surface area contributed by atoms with Gasteiger partial charge in [-0.15, -0.1) is 0 Å². The predicted molar refractivity (Wildman–Crippen MR) is 149 cm³/mol. The summed E-state index contributed by atoms with van der Waals surface area (Å²) in [6, 6.07) is 15.3. The van der Waals surface area contributed by atoms with E-state index in [-0.39, 0.29) is 16.7 Å². The largest absolute Gasteiger partial charge is 0.390 e. The van der Waals surface area contributed by atoms with E-state index in [1.54, 1.807) is 12.1 Å². The standard InChI is InChI=1S/C26H31ClN4O5S2/c1-2-3-9-23-29-25(27)21(17-32)31(23)16-19-10-12-20(13-11-19)38(35,36)30-24(33)15-28-26(34)22(37)14-18-7-5-4-6-8-18/h4-8,10-13,22,32,37H,2-3,9,14-17H2,1H3,(H,28,34)(H,30,33)/t22-/m0/s1. The van der Waals surface area contributed by atoms with Gasteiger partial charge in [-0.25, -0.2) is 18.1 Å². The number of imidazole rings is 1. The summed E-state index contributed by atoms with van der Waals surface area (Å²) in [4.78, 5) is 28.8. The minimum absolute atomic E-state index is 0.102. The zero-order valence-electron chi connectivity index (χ0n) is 20.9. The van der Waals surface area contributed by atoms with Gasteiger partial charge in [0.1, 0.15) is 5.82 Å². The highest BCUT2D eigenvalue weighted by atomic mass is 35.5. The molecular weight excluding hydrogens is 548 g/mol. The van der Waals surface area contributed by atoms with E-state index in [1.807, 2.05) is 39.6 Å². The van der Waals surface area contributed by atoms with Crippen LogP contribution in [0.15, 0.2) is 59.5 Å². The van der Waals surface area contributed by atoms with Crippen molar-refractivity contribution in [3.8, 4) is 0 Å². The first-order valence-electron chi connectivity index (χ1n) is 12.1. The van der Waals surface area contributed by atoms with E-state index < -0.39 is 33.6 Å². The molecule has 0 aliphatic rings. The molecule has 2 amide bonds. The number of aromatic nitrogens is 2. The number of sulfonamides is 1. The Balaban J connectivity index is 1.58. The molecule has 1 aromatic heterocycles. The summed E-state index contributed by atoms with van der Waals surface area (Å²) < 4.78 is 29.2. The molecule has 0 spiro atoms. The number of aliphatic hydroxyl groups is 1. The predicted octanol–water partition coefficient (Wildman–Crippen LogP) is 2.88. The fourth-order valence-electron chi connectivity index (χ4n) is 3.79. The summed E-state index contributed by atoms with van der Waals surface area (Å²) in [6.45, 7) is 1.64. The number of nitrogens with zero attached hydrogens (tertiary/aromatic N) is 2. The SMILES string of the molecule is CCCCc1nc(Cl)c(CO)n1Cc1ccc(S(=O)(=O)NC(=O)CNC(=O)[C@@H](S)Cc2ccccc2)cc1. The van der Waals surface area contributed by atoms with Gasteiger partial charge in [0, 0.05) is 13.0 Å². The van der Waals surface area contributed by atoms with E-state index in [9.17, 15) is 23.1 Å². The molecule has 0 saturated heterocycles. The van der Waals surface area contributed by atoms with Crippen LogP contribution in [0, 0.1) is 0 Å². The van der Waals surface area contributed by atoms with Gasteiger partial charge < -0.3 is 15.0 Å². The lowest BCUT2D eigenvalue weighted by Crippen LogP contribution is -2.42. The van der Waals surface area contributed by atoms with Crippen molar-refractivity contribution in [1.29, 1.82) is 0 Å². The number of benzene rings is 2. The van der Waals surface area contributed by atoms with E-state index >= 15 is 0 Å². The second-order valence-corrected chi connectivity index (χ2v) is 11.4. The molecule has 0 radical (unpaired) electrons. The summed E-state index contributed by atoms with van der Waals surface area (Å²) in [5, 5.41) is 11.7. The van der Waals surface area contributed by atoms with Crippen molar-refractivity contribution in [2.24, 2.45) is 0 Å². The number of aliphatic hydroxyl groups excluding tert-OH is 1. The lowest BCUT2D eigenvalue weighted by Gasteiger charge is -2.13. The number of hydrogen-bond donors (Lipinski definition) is 4. The first-order valence-corrected chi connectivity index (χ1v) is 14.5. The fraction of sp³-hybridized carbons (Fsp3) is 0.346. The molecule has 3 N–H and O–H groups in total. The number of halogens is 1. The number of rotatable bonds is 13. The van der Waals surface area contributed by atoms with Crippen molar-refractivity contribution in [3.05, 3.63) is 82.4 Å². The number of nitrogens with one attached hydrogen (secondary N) is 2. The summed E-state index contributed by atoms with van der Waals surface area (Å²) >= 11 is 10.5. The molecule has 9 nitrogen and oxygen atoms in total. The lowest BCUT2D eigenvalue weighted by atomic mass is 10.1. The molecule has 1 atom stereocenters. The quantitative estimate of drug-likeness (QED) is 0.231. The van der Waals surface area contributed by atoms with Crippen LogP contribution in [-0.2, 0) is 45.6 Å². The number of amides is 2. The van der Waals surface area contributed by atoms with Crippen molar-refractivity contribution in [2.75, 3.05) is 6.54 Å². The second-order valence-electron chi connectivity index (χ2n) is 8.71. The average molecular weight is 579 g/mol. The van der Waals surface area contributed by atoms with Crippen molar-refractivity contribution in [1.82, 2.24) is 19.6 Å². The Morgan fingerprint density at radius 2 is 1.79 bits per heavy atom. The normalized spacial score (nSPS) is 12.2. The molecule has 3 rings (SSSR count). The van der Waals surface area contributed by atoms with E-state index in [0.29, 0.717) is 25.1 Å². The van der Waals surface area contributed by atoms with Crippen LogP contribution in [-0.4, -0.2) is 46.7 Å². The van der Waals surface area contributed by atoms with Gasteiger partial charge in [-0.1, -0.05) is 67.4 Å². The monoisotopic (exact) mass is 578 g/mol. The fourth-order valence-corrected chi connectivity index (χ4v) is 5.33. The Kier molecular flexibility index (Phi) is 10.8. The molecule has 0 saturated carbocycles. The summed E-state index contributed by atoms with van der Waals surface area (Å²) in [6.07, 6.45) is 2.96. The molecule has 0 aliphatic heterocycles. The molecule has 12 heteroatoms. The van der Waals surface area contributed by atoms with Gasteiger partial charge in [0.2, 0.25) is 5.91 Å². The van der Waals surface area contributed by atoms with Crippen LogP contribution in [0.25, 0.3) is 0 Å². The van der Waals surface area contributed by atoms with Crippen LogP contribution in [0.2, 0.25) is 5.15 Å². The summed E-state index contributed by atoms with van der Waals surface area (Å²) in [5.41, 5.74) is 2.18. The van der Waals surface area contributed by atoms with Crippen LogP contribution >= 0.6 is 24.2 Å². The zero-order valence-corrected chi connectivity index (χ0v) is 23.4. The molecule has 1 heterocycles. The van der Waals surface area contributed by atoms with Crippen molar-refractivity contribution in [3.63, 3.8) is 0 Å². The Labute approximate surface area is 233 Å². The van der Waals surface area contributed by atoms with E-state index in [2.05, 4.69) is 29.9 Å². The van der Waals surface area contributed by atoms with Crippen LogP contribution in [0.4, 0.5) is 0 Å². The first kappa shape index (κ1) is 29.7. The van der Waals surface area contributed by atoms with Gasteiger partial charge in [0.15, 0.2) is 5.15 Å². The minimum Gasteiger partial charge on any atom is -0.390 e. The highest BCUT2D eigenvalue weighted by Gasteiger charge is 2.21. The molecule has 0 aliphatic carbocycles. The topological polar surface area (TPSA) is 130 Å². The van der Waals surface area contributed by atoms with E-state index in [0.717, 1.165) is 29.8 Å². The summed E-state index contributed by atoms with van der Waals surface area (Å²) in [5.74, 6) is -0.600. The minimum atomic E-state index is -4.14. The van der Waals surface area contributed by atoms with Gasteiger partial charge in [-0.2, -0.15) is 12.6 Å². The second kappa shape index (κ2) is 13.8. The number of aryl methyl sites for hydroxylation is 1. The molecule has 3 aromatic rings. The molecule has 0 bridgehead atoms. The molecule has 0 fully saturated rings. The van der Waals surface area contributed by atoms with Crippen LogP contribution in [0.1, 0.15) is 42.4 Å². The van der Waals surface area contributed by atoms with Gasteiger partial charge in [-0.3, -0.25) is 9.59 Å².